The van der Waals surface area contributed by atoms with Gasteiger partial charge in [-0.2, -0.15) is 0 Å². The van der Waals surface area contributed by atoms with E-state index < -0.39 is 11.8 Å². The van der Waals surface area contributed by atoms with E-state index in [1.165, 1.54) is 6.42 Å². The molecule has 1 aliphatic carbocycles. The van der Waals surface area contributed by atoms with Gasteiger partial charge >= 0.3 is 11.8 Å². The third kappa shape index (κ3) is 4.34. The van der Waals surface area contributed by atoms with Crippen LogP contribution in [0.5, 0.6) is 0 Å². The summed E-state index contributed by atoms with van der Waals surface area (Å²) in [4.78, 5) is 23.0. The summed E-state index contributed by atoms with van der Waals surface area (Å²) in [6.07, 6.45) is 5.53. The number of hydrogen-bond donors (Lipinski definition) is 3. The predicted octanol–water partition coefficient (Wildman–Crippen LogP) is 0.146. The van der Waals surface area contributed by atoms with E-state index in [9.17, 15) is 9.59 Å². The second-order valence-electron chi connectivity index (χ2n) is 4.58. The molecule has 98 valence electrons. The number of nitrogens with one attached hydrogen (secondary N) is 2. The highest BCUT2D eigenvalue weighted by Crippen LogP contribution is 2.26. The molecule has 0 spiro atoms. The Morgan fingerprint density at radius 2 is 1.94 bits per heavy atom. The van der Waals surface area contributed by atoms with Crippen LogP contribution in [-0.2, 0) is 9.59 Å². The summed E-state index contributed by atoms with van der Waals surface area (Å²) in [5, 5.41) is 5.32. The minimum absolute atomic E-state index is 0.157. The molecule has 1 aliphatic rings. The Morgan fingerprint density at radius 3 is 2.59 bits per heavy atom. The highest BCUT2D eigenvalue weighted by Gasteiger charge is 2.26. The van der Waals surface area contributed by atoms with Gasteiger partial charge in [-0.25, -0.2) is 0 Å². The maximum Gasteiger partial charge on any atom is 0.309 e. The van der Waals surface area contributed by atoms with Crippen LogP contribution < -0.4 is 16.4 Å². The number of hydrogen-bond acceptors (Lipinski definition) is 3. The second-order valence-corrected chi connectivity index (χ2v) is 4.58. The summed E-state index contributed by atoms with van der Waals surface area (Å²) in [6, 6.07) is 0.157. The van der Waals surface area contributed by atoms with Gasteiger partial charge in [0.1, 0.15) is 0 Å². The number of rotatable bonds is 4. The molecule has 0 aromatic rings. The zero-order valence-corrected chi connectivity index (χ0v) is 10.5. The molecule has 0 heterocycles. The van der Waals surface area contributed by atoms with E-state index in [1.54, 1.807) is 0 Å². The number of carbonyl (C=O) groups excluding carboxylic acids is 2. The molecule has 0 aromatic carbocycles. The summed E-state index contributed by atoms with van der Waals surface area (Å²) in [6.45, 7) is 2.82. The summed E-state index contributed by atoms with van der Waals surface area (Å²) in [5.41, 5.74) is 5.26. The van der Waals surface area contributed by atoms with Crippen molar-refractivity contribution in [3.63, 3.8) is 0 Å². The van der Waals surface area contributed by atoms with Crippen LogP contribution in [0.1, 0.15) is 39.0 Å². The molecular weight excluding hydrogens is 218 g/mol. The lowest BCUT2D eigenvalue weighted by atomic mass is 9.83. The van der Waals surface area contributed by atoms with Crippen LogP contribution in [0.2, 0.25) is 0 Å². The van der Waals surface area contributed by atoms with Crippen LogP contribution in [0.25, 0.3) is 0 Å². The second kappa shape index (κ2) is 7.27. The van der Waals surface area contributed by atoms with Gasteiger partial charge in [0.25, 0.3) is 0 Å². The Bertz CT molecular complexity index is 268. The van der Waals surface area contributed by atoms with Gasteiger partial charge in [-0.1, -0.05) is 26.2 Å². The van der Waals surface area contributed by atoms with Gasteiger partial charge in [-0.3, -0.25) is 9.59 Å². The molecular formula is C12H23N3O2. The van der Waals surface area contributed by atoms with Gasteiger partial charge in [0.15, 0.2) is 0 Å². The van der Waals surface area contributed by atoms with Gasteiger partial charge in [-0.15, -0.1) is 0 Å². The number of carbonyl (C=O) groups is 2. The topological polar surface area (TPSA) is 84.2 Å². The van der Waals surface area contributed by atoms with E-state index in [-0.39, 0.29) is 6.04 Å². The van der Waals surface area contributed by atoms with Crippen molar-refractivity contribution in [2.75, 3.05) is 13.1 Å². The fourth-order valence-corrected chi connectivity index (χ4v) is 2.39. The van der Waals surface area contributed by atoms with Gasteiger partial charge in [0.2, 0.25) is 0 Å². The molecule has 17 heavy (non-hydrogen) atoms. The van der Waals surface area contributed by atoms with Crippen molar-refractivity contribution in [1.82, 2.24) is 10.6 Å². The molecule has 0 saturated heterocycles. The Labute approximate surface area is 103 Å². The molecule has 1 fully saturated rings. The van der Waals surface area contributed by atoms with Gasteiger partial charge < -0.3 is 16.4 Å². The van der Waals surface area contributed by atoms with Crippen molar-refractivity contribution < 1.29 is 9.59 Å². The first-order valence-electron chi connectivity index (χ1n) is 6.47. The van der Waals surface area contributed by atoms with Crippen LogP contribution in [-0.4, -0.2) is 30.9 Å². The van der Waals surface area contributed by atoms with Gasteiger partial charge in [-0.05, 0) is 18.8 Å². The van der Waals surface area contributed by atoms with Crippen molar-refractivity contribution in [1.29, 1.82) is 0 Å². The third-order valence-electron chi connectivity index (χ3n) is 3.39. The van der Waals surface area contributed by atoms with Crippen molar-refractivity contribution in [2.24, 2.45) is 11.7 Å². The summed E-state index contributed by atoms with van der Waals surface area (Å²) >= 11 is 0. The molecule has 2 amide bonds. The molecule has 0 aromatic heterocycles. The van der Waals surface area contributed by atoms with Crippen molar-refractivity contribution >= 4 is 11.8 Å². The minimum atomic E-state index is -0.573. The highest BCUT2D eigenvalue weighted by atomic mass is 16.2. The molecule has 1 rings (SSSR count). The first-order valence-corrected chi connectivity index (χ1v) is 6.47. The minimum Gasteiger partial charge on any atom is -0.347 e. The molecule has 5 nitrogen and oxygen atoms in total. The largest absolute Gasteiger partial charge is 0.347 e. The zero-order chi connectivity index (χ0) is 12.7. The third-order valence-corrected chi connectivity index (χ3v) is 3.39. The maximum absolute atomic E-state index is 11.6. The quantitative estimate of drug-likeness (QED) is 0.612. The monoisotopic (exact) mass is 241 g/mol. The lowest BCUT2D eigenvalue weighted by molar-refractivity contribution is -0.140. The van der Waals surface area contributed by atoms with Crippen LogP contribution in [0.15, 0.2) is 0 Å². The van der Waals surface area contributed by atoms with Crippen molar-refractivity contribution in [2.45, 2.75) is 45.1 Å². The van der Waals surface area contributed by atoms with E-state index in [0.29, 0.717) is 19.0 Å². The molecule has 4 N–H and O–H groups in total. The standard InChI is InChI=1S/C12H23N3O2/c1-2-9-5-3-4-6-10(9)15-12(17)11(16)14-8-7-13/h9-10H,2-8,13H2,1H3,(H,14,16)(H,15,17). The molecule has 1 saturated carbocycles. The van der Waals surface area contributed by atoms with E-state index in [4.69, 9.17) is 5.73 Å². The van der Waals surface area contributed by atoms with E-state index in [2.05, 4.69) is 17.6 Å². The fourth-order valence-electron chi connectivity index (χ4n) is 2.39. The smallest absolute Gasteiger partial charge is 0.309 e. The first kappa shape index (κ1) is 14.0. The van der Waals surface area contributed by atoms with Crippen LogP contribution in [0.3, 0.4) is 0 Å². The maximum atomic E-state index is 11.6. The van der Waals surface area contributed by atoms with Crippen molar-refractivity contribution in [3.05, 3.63) is 0 Å². The zero-order valence-electron chi connectivity index (χ0n) is 10.5. The van der Waals surface area contributed by atoms with E-state index >= 15 is 0 Å². The molecule has 2 atom stereocenters. The molecule has 0 radical (unpaired) electrons. The van der Waals surface area contributed by atoms with Crippen LogP contribution >= 0.6 is 0 Å². The summed E-state index contributed by atoms with van der Waals surface area (Å²) in [5.74, 6) is -0.588. The molecule has 2 unspecified atom stereocenters. The predicted molar refractivity (Wildman–Crippen MR) is 66.2 cm³/mol. The van der Waals surface area contributed by atoms with E-state index in [1.807, 2.05) is 0 Å². The number of amides is 2. The highest BCUT2D eigenvalue weighted by molar-refractivity contribution is 6.35. The SMILES string of the molecule is CCC1CCCCC1NC(=O)C(=O)NCCN. The normalized spacial score (nSPS) is 24.1. The van der Waals surface area contributed by atoms with Crippen LogP contribution in [0, 0.1) is 5.92 Å². The molecule has 5 heteroatoms. The Kier molecular flexibility index (Phi) is 5.97. The Balaban J connectivity index is 2.40. The molecule has 0 bridgehead atoms. The fraction of sp³-hybridized carbons (Fsp3) is 0.833. The summed E-state index contributed by atoms with van der Waals surface area (Å²) < 4.78 is 0. The molecule has 0 aliphatic heterocycles. The summed E-state index contributed by atoms with van der Waals surface area (Å²) in [7, 11) is 0. The lowest BCUT2D eigenvalue weighted by Crippen LogP contribution is -2.48. The van der Waals surface area contributed by atoms with Gasteiger partial charge in [0.05, 0.1) is 0 Å². The van der Waals surface area contributed by atoms with Crippen LogP contribution in [0.4, 0.5) is 0 Å². The number of nitrogens with two attached hydrogens (primary N) is 1. The Morgan fingerprint density at radius 1 is 1.24 bits per heavy atom. The van der Waals surface area contributed by atoms with E-state index in [0.717, 1.165) is 25.7 Å². The average Bonchev–Trinajstić information content (AvgIpc) is 2.36. The first-order chi connectivity index (χ1) is 8.19. The lowest BCUT2D eigenvalue weighted by Gasteiger charge is -2.31. The van der Waals surface area contributed by atoms with Crippen molar-refractivity contribution in [3.8, 4) is 0 Å². The van der Waals surface area contributed by atoms with Gasteiger partial charge in [0, 0.05) is 19.1 Å². The Hall–Kier alpha value is -1.10. The average molecular weight is 241 g/mol.